The number of rotatable bonds is 4. The van der Waals surface area contributed by atoms with Crippen molar-refractivity contribution in [3.05, 3.63) is 96.6 Å². The molecule has 0 aliphatic heterocycles. The van der Waals surface area contributed by atoms with Crippen molar-refractivity contribution in [2.24, 2.45) is 0 Å². The zero-order chi connectivity index (χ0) is 17.9. The van der Waals surface area contributed by atoms with Crippen molar-refractivity contribution in [3.63, 3.8) is 0 Å². The molecule has 0 spiro atoms. The van der Waals surface area contributed by atoms with E-state index in [0.29, 0.717) is 3.92 Å². The number of fused-ring (bicyclic) bond motifs is 2. The standard InChI is InChI=1S/C25H21I/c1-2-24(26)14-12-19-8-5-9-23-17-22(13-15-25(19)23)21-11-10-18-6-3-4-7-20(18)16-21/h2-7,9-13,15-17,24H,1,8,14H2/b19-12+. The smallest absolute Gasteiger partial charge is 0.0321 e. The highest BCUT2D eigenvalue weighted by molar-refractivity contribution is 14.1. The molecular formula is C25H21I. The summed E-state index contributed by atoms with van der Waals surface area (Å²) in [5, 5.41) is 2.58. The summed E-state index contributed by atoms with van der Waals surface area (Å²) in [7, 11) is 0. The minimum absolute atomic E-state index is 0.492. The third-order valence-electron chi connectivity index (χ3n) is 4.96. The molecule has 0 nitrogen and oxygen atoms in total. The average Bonchev–Trinajstić information content (AvgIpc) is 2.71. The molecule has 0 saturated carbocycles. The van der Waals surface area contributed by atoms with E-state index in [1.165, 1.54) is 38.6 Å². The maximum absolute atomic E-state index is 3.88. The second kappa shape index (κ2) is 7.63. The predicted octanol–water partition coefficient (Wildman–Crippen LogP) is 7.69. The van der Waals surface area contributed by atoms with Crippen LogP contribution < -0.4 is 0 Å². The third kappa shape index (κ3) is 3.54. The molecule has 1 heteroatoms. The molecule has 4 rings (SSSR count). The molecule has 0 heterocycles. The van der Waals surface area contributed by atoms with Crippen molar-refractivity contribution in [2.45, 2.75) is 16.8 Å². The van der Waals surface area contributed by atoms with E-state index in [2.05, 4.69) is 108 Å². The topological polar surface area (TPSA) is 0 Å². The Morgan fingerprint density at radius 2 is 1.73 bits per heavy atom. The van der Waals surface area contributed by atoms with Gasteiger partial charge in [0, 0.05) is 3.92 Å². The summed E-state index contributed by atoms with van der Waals surface area (Å²) < 4.78 is 0.492. The highest BCUT2D eigenvalue weighted by Crippen LogP contribution is 2.34. The van der Waals surface area contributed by atoms with Crippen molar-refractivity contribution >= 4 is 45.0 Å². The highest BCUT2D eigenvalue weighted by Gasteiger charge is 2.11. The lowest BCUT2D eigenvalue weighted by Crippen LogP contribution is -1.96. The van der Waals surface area contributed by atoms with Gasteiger partial charge in [-0.2, -0.15) is 0 Å². The van der Waals surface area contributed by atoms with Crippen LogP contribution in [-0.4, -0.2) is 3.92 Å². The quantitative estimate of drug-likeness (QED) is 0.218. The van der Waals surface area contributed by atoms with Gasteiger partial charge in [-0.05, 0) is 63.6 Å². The average molecular weight is 448 g/mol. The van der Waals surface area contributed by atoms with Crippen LogP contribution in [0.15, 0.2) is 85.5 Å². The summed E-state index contributed by atoms with van der Waals surface area (Å²) in [6, 6.07) is 22.1. The van der Waals surface area contributed by atoms with E-state index in [4.69, 9.17) is 0 Å². The molecule has 1 atom stereocenters. The maximum Gasteiger partial charge on any atom is 0.0321 e. The molecule has 0 bridgehead atoms. The second-order valence-corrected chi connectivity index (χ2v) is 8.29. The van der Waals surface area contributed by atoms with Gasteiger partial charge in [0.2, 0.25) is 0 Å². The van der Waals surface area contributed by atoms with Gasteiger partial charge in [0.15, 0.2) is 0 Å². The Morgan fingerprint density at radius 3 is 2.58 bits per heavy atom. The van der Waals surface area contributed by atoms with E-state index in [1.54, 1.807) is 0 Å². The highest BCUT2D eigenvalue weighted by atomic mass is 127. The Hall–Kier alpha value is -2.13. The van der Waals surface area contributed by atoms with Gasteiger partial charge >= 0.3 is 0 Å². The van der Waals surface area contributed by atoms with Gasteiger partial charge in [-0.3, -0.25) is 0 Å². The molecule has 0 radical (unpaired) electrons. The van der Waals surface area contributed by atoms with Gasteiger partial charge < -0.3 is 0 Å². The van der Waals surface area contributed by atoms with E-state index in [1.807, 2.05) is 6.08 Å². The Bertz CT molecular complexity index is 1020. The second-order valence-electron chi connectivity index (χ2n) is 6.69. The van der Waals surface area contributed by atoms with Gasteiger partial charge in [0.25, 0.3) is 0 Å². The molecular weight excluding hydrogens is 427 g/mol. The minimum atomic E-state index is 0.492. The first-order valence-corrected chi connectivity index (χ1v) is 10.2. The molecule has 3 aromatic carbocycles. The zero-order valence-electron chi connectivity index (χ0n) is 14.7. The third-order valence-corrected chi connectivity index (χ3v) is 5.98. The van der Waals surface area contributed by atoms with Crippen LogP contribution in [0.25, 0.3) is 33.5 Å². The van der Waals surface area contributed by atoms with Crippen molar-refractivity contribution in [2.75, 3.05) is 0 Å². The first-order chi connectivity index (χ1) is 12.7. The zero-order valence-corrected chi connectivity index (χ0v) is 16.8. The van der Waals surface area contributed by atoms with Crippen LogP contribution >= 0.6 is 22.6 Å². The number of benzene rings is 3. The molecule has 0 aromatic heterocycles. The molecule has 3 aromatic rings. The largest absolute Gasteiger partial charge is 0.102 e. The van der Waals surface area contributed by atoms with Crippen LogP contribution in [0, 0.1) is 0 Å². The maximum atomic E-state index is 3.88. The van der Waals surface area contributed by atoms with Gasteiger partial charge in [-0.1, -0.05) is 95.4 Å². The Kier molecular flexibility index (Phi) is 5.07. The molecule has 0 fully saturated rings. The number of alkyl halides is 1. The molecule has 0 saturated heterocycles. The normalized spacial score (nSPS) is 15.8. The first kappa shape index (κ1) is 17.3. The molecule has 128 valence electrons. The van der Waals surface area contributed by atoms with Crippen LogP contribution in [-0.2, 0) is 0 Å². The molecule has 1 unspecified atom stereocenters. The van der Waals surface area contributed by atoms with Gasteiger partial charge in [0.05, 0.1) is 0 Å². The summed E-state index contributed by atoms with van der Waals surface area (Å²) >= 11 is 2.44. The van der Waals surface area contributed by atoms with Gasteiger partial charge in [-0.25, -0.2) is 0 Å². The summed E-state index contributed by atoms with van der Waals surface area (Å²) in [5.74, 6) is 0. The molecule has 0 amide bonds. The first-order valence-electron chi connectivity index (χ1n) is 9.00. The lowest BCUT2D eigenvalue weighted by molar-refractivity contribution is 1.11. The van der Waals surface area contributed by atoms with E-state index in [-0.39, 0.29) is 0 Å². The Labute approximate surface area is 169 Å². The van der Waals surface area contributed by atoms with Crippen LogP contribution in [0.4, 0.5) is 0 Å². The molecule has 0 N–H and O–H groups in total. The fourth-order valence-corrected chi connectivity index (χ4v) is 3.76. The van der Waals surface area contributed by atoms with Crippen molar-refractivity contribution in [1.82, 2.24) is 0 Å². The van der Waals surface area contributed by atoms with E-state index in [9.17, 15) is 0 Å². The lowest BCUT2D eigenvalue weighted by Gasteiger charge is -2.16. The molecule has 1 aliphatic rings. The number of hydrogen-bond acceptors (Lipinski definition) is 0. The number of hydrogen-bond donors (Lipinski definition) is 0. The fraction of sp³-hybridized carbons (Fsp3) is 0.120. The summed E-state index contributed by atoms with van der Waals surface area (Å²) in [5.41, 5.74) is 6.66. The fourth-order valence-electron chi connectivity index (χ4n) is 3.51. The Morgan fingerprint density at radius 1 is 0.962 bits per heavy atom. The SMILES string of the molecule is C=CC(I)C/C=C1\CC=Cc2cc(-c3ccc4ccccc4c3)ccc21. The van der Waals surface area contributed by atoms with Crippen LogP contribution in [0.2, 0.25) is 0 Å². The monoisotopic (exact) mass is 448 g/mol. The number of allylic oxidation sites excluding steroid dienone is 4. The van der Waals surface area contributed by atoms with Crippen LogP contribution in [0.3, 0.4) is 0 Å². The van der Waals surface area contributed by atoms with Crippen molar-refractivity contribution < 1.29 is 0 Å². The van der Waals surface area contributed by atoms with Gasteiger partial charge in [0.1, 0.15) is 0 Å². The van der Waals surface area contributed by atoms with Crippen molar-refractivity contribution in [3.8, 4) is 11.1 Å². The van der Waals surface area contributed by atoms with Crippen LogP contribution in [0.5, 0.6) is 0 Å². The predicted molar refractivity (Wildman–Crippen MR) is 124 cm³/mol. The molecule has 26 heavy (non-hydrogen) atoms. The van der Waals surface area contributed by atoms with Crippen molar-refractivity contribution in [1.29, 1.82) is 0 Å². The summed E-state index contributed by atoms with van der Waals surface area (Å²) in [4.78, 5) is 0. The van der Waals surface area contributed by atoms with E-state index in [0.717, 1.165) is 12.8 Å². The van der Waals surface area contributed by atoms with E-state index < -0.39 is 0 Å². The van der Waals surface area contributed by atoms with E-state index >= 15 is 0 Å². The summed E-state index contributed by atoms with van der Waals surface area (Å²) in [6.07, 6.45) is 11.0. The molecule has 1 aliphatic carbocycles. The van der Waals surface area contributed by atoms with Gasteiger partial charge in [-0.15, -0.1) is 6.58 Å². The number of halogens is 1. The lowest BCUT2D eigenvalue weighted by atomic mass is 9.88. The van der Waals surface area contributed by atoms with Crippen LogP contribution in [0.1, 0.15) is 24.0 Å². The Balaban J connectivity index is 1.70. The minimum Gasteiger partial charge on any atom is -0.102 e. The summed E-state index contributed by atoms with van der Waals surface area (Å²) in [6.45, 7) is 3.88.